The van der Waals surface area contributed by atoms with Gasteiger partial charge in [0.05, 0.1) is 16.4 Å². The molecule has 4 aromatic rings. The molecule has 2 nitrogen and oxygen atoms in total. The van der Waals surface area contributed by atoms with Crippen LogP contribution < -0.4 is 5.43 Å². The van der Waals surface area contributed by atoms with Crippen LogP contribution in [0.5, 0.6) is 0 Å². The van der Waals surface area contributed by atoms with Gasteiger partial charge in [0.25, 0.3) is 0 Å². The van der Waals surface area contributed by atoms with E-state index in [1.54, 1.807) is 0 Å². The maximum absolute atomic E-state index is 12.8. The van der Waals surface area contributed by atoms with Crippen molar-refractivity contribution in [3.05, 3.63) is 70.9 Å². The summed E-state index contributed by atoms with van der Waals surface area (Å²) >= 11 is 0. The summed E-state index contributed by atoms with van der Waals surface area (Å²) in [6.07, 6.45) is 0. The van der Waals surface area contributed by atoms with E-state index in [1.165, 1.54) is 0 Å². The van der Waals surface area contributed by atoms with Crippen LogP contribution in [0.4, 0.5) is 0 Å². The van der Waals surface area contributed by atoms with Gasteiger partial charge in [0.15, 0.2) is 5.43 Å². The number of hydrogen-bond donors (Lipinski definition) is 0. The maximum Gasteiger partial charge on any atom is 0.197 e. The van der Waals surface area contributed by atoms with Gasteiger partial charge in [-0.1, -0.05) is 42.5 Å². The Morgan fingerprint density at radius 1 is 0.750 bits per heavy atom. The molecule has 0 unspecified atom stereocenters. The van der Waals surface area contributed by atoms with E-state index in [9.17, 15) is 4.79 Å². The lowest BCUT2D eigenvalue weighted by molar-refractivity contribution is 1.00. The van der Waals surface area contributed by atoms with Gasteiger partial charge in [-0.25, -0.2) is 0 Å². The minimum absolute atomic E-state index is 0.116. The third-order valence-electron chi connectivity index (χ3n) is 4.01. The molecule has 96 valence electrons. The van der Waals surface area contributed by atoms with Crippen LogP contribution >= 0.6 is 0 Å². The van der Waals surface area contributed by atoms with Crippen LogP contribution in [-0.2, 0) is 7.05 Å². The van der Waals surface area contributed by atoms with Crippen molar-refractivity contribution >= 4 is 32.6 Å². The lowest BCUT2D eigenvalue weighted by Gasteiger charge is -2.11. The van der Waals surface area contributed by atoms with Crippen LogP contribution in [0.1, 0.15) is 0 Å². The Hall–Kier alpha value is -2.61. The molecule has 0 aliphatic rings. The van der Waals surface area contributed by atoms with Crippen molar-refractivity contribution in [1.82, 2.24) is 4.57 Å². The van der Waals surface area contributed by atoms with Crippen LogP contribution in [0.3, 0.4) is 0 Å². The second kappa shape index (κ2) is 3.94. The normalized spacial score (nSPS) is 11.4. The first-order valence-electron chi connectivity index (χ1n) is 6.66. The molecule has 2 heteroatoms. The highest BCUT2D eigenvalue weighted by Gasteiger charge is 2.10. The molecule has 0 saturated heterocycles. The fraction of sp³-hybridized carbons (Fsp3) is 0.0556. The number of fused-ring (bicyclic) bond motifs is 4. The van der Waals surface area contributed by atoms with E-state index in [4.69, 9.17) is 0 Å². The van der Waals surface area contributed by atoms with Crippen LogP contribution in [0.2, 0.25) is 0 Å². The lowest BCUT2D eigenvalue weighted by atomic mass is 10.0. The summed E-state index contributed by atoms with van der Waals surface area (Å²) < 4.78 is 2.10. The van der Waals surface area contributed by atoms with Crippen molar-refractivity contribution in [2.24, 2.45) is 7.05 Å². The number of aryl methyl sites for hydroxylation is 1. The highest BCUT2D eigenvalue weighted by Crippen LogP contribution is 2.25. The van der Waals surface area contributed by atoms with Crippen molar-refractivity contribution in [2.75, 3.05) is 0 Å². The number of pyridine rings is 1. The smallest absolute Gasteiger partial charge is 0.197 e. The Morgan fingerprint density at radius 3 is 2.30 bits per heavy atom. The molecule has 0 bridgehead atoms. The Kier molecular flexibility index (Phi) is 2.21. The van der Waals surface area contributed by atoms with Gasteiger partial charge in [0.1, 0.15) is 0 Å². The summed E-state index contributed by atoms with van der Waals surface area (Å²) in [5.74, 6) is 0. The largest absolute Gasteiger partial charge is 0.343 e. The average molecular weight is 259 g/mol. The van der Waals surface area contributed by atoms with E-state index in [0.29, 0.717) is 0 Å². The maximum atomic E-state index is 12.8. The molecule has 20 heavy (non-hydrogen) atoms. The summed E-state index contributed by atoms with van der Waals surface area (Å²) in [5, 5.41) is 3.71. The molecule has 0 aliphatic heterocycles. The van der Waals surface area contributed by atoms with E-state index < -0.39 is 0 Å². The van der Waals surface area contributed by atoms with E-state index >= 15 is 0 Å². The Bertz CT molecular complexity index is 1030. The zero-order chi connectivity index (χ0) is 13.7. The van der Waals surface area contributed by atoms with Crippen LogP contribution in [0.25, 0.3) is 32.6 Å². The zero-order valence-electron chi connectivity index (χ0n) is 11.1. The molecule has 4 rings (SSSR count). The quantitative estimate of drug-likeness (QED) is 0.347. The molecular formula is C18H13NO. The SMILES string of the molecule is Cn1c2ccccc2c(=O)c2c3ccccc3ccc21. The molecule has 0 N–H and O–H groups in total. The summed E-state index contributed by atoms with van der Waals surface area (Å²) in [7, 11) is 2.01. The predicted molar refractivity (Wildman–Crippen MR) is 84.2 cm³/mol. The summed E-state index contributed by atoms with van der Waals surface area (Å²) in [6, 6.07) is 19.9. The summed E-state index contributed by atoms with van der Waals surface area (Å²) in [4.78, 5) is 12.8. The van der Waals surface area contributed by atoms with Gasteiger partial charge < -0.3 is 4.57 Å². The van der Waals surface area contributed by atoms with Gasteiger partial charge in [0.2, 0.25) is 0 Å². The summed E-state index contributed by atoms with van der Waals surface area (Å²) in [5.41, 5.74) is 2.07. The highest BCUT2D eigenvalue weighted by molar-refractivity contribution is 6.09. The van der Waals surface area contributed by atoms with Crippen molar-refractivity contribution < 1.29 is 0 Å². The average Bonchev–Trinajstić information content (AvgIpc) is 2.51. The molecular weight excluding hydrogens is 246 g/mol. The Labute approximate surface area is 115 Å². The van der Waals surface area contributed by atoms with E-state index in [1.807, 2.05) is 61.6 Å². The van der Waals surface area contributed by atoms with Crippen molar-refractivity contribution in [3.8, 4) is 0 Å². The van der Waals surface area contributed by atoms with Crippen molar-refractivity contribution in [1.29, 1.82) is 0 Å². The topological polar surface area (TPSA) is 22.0 Å². The van der Waals surface area contributed by atoms with Crippen molar-refractivity contribution in [2.45, 2.75) is 0 Å². The van der Waals surface area contributed by atoms with Gasteiger partial charge in [-0.3, -0.25) is 4.79 Å². The molecule has 3 aromatic carbocycles. The molecule has 0 atom stereocenters. The number of hydrogen-bond acceptors (Lipinski definition) is 1. The van der Waals surface area contributed by atoms with E-state index in [-0.39, 0.29) is 5.43 Å². The molecule has 1 heterocycles. The van der Waals surface area contributed by atoms with Gasteiger partial charge in [-0.2, -0.15) is 0 Å². The van der Waals surface area contributed by atoms with Crippen LogP contribution in [0.15, 0.2) is 65.5 Å². The number of aromatic nitrogens is 1. The highest BCUT2D eigenvalue weighted by atomic mass is 16.1. The number of para-hydroxylation sites is 1. The van der Waals surface area contributed by atoms with E-state index in [2.05, 4.69) is 10.6 Å². The van der Waals surface area contributed by atoms with Crippen molar-refractivity contribution in [3.63, 3.8) is 0 Å². The third-order valence-corrected chi connectivity index (χ3v) is 4.01. The molecule has 0 spiro atoms. The molecule has 0 fully saturated rings. The number of nitrogens with zero attached hydrogens (tertiary/aromatic N) is 1. The lowest BCUT2D eigenvalue weighted by Crippen LogP contribution is -2.09. The first kappa shape index (κ1) is 11.2. The first-order chi connectivity index (χ1) is 9.77. The van der Waals surface area contributed by atoms with Crippen LogP contribution in [-0.4, -0.2) is 4.57 Å². The van der Waals surface area contributed by atoms with Gasteiger partial charge in [0, 0.05) is 12.4 Å². The predicted octanol–water partition coefficient (Wildman–Crippen LogP) is 3.84. The van der Waals surface area contributed by atoms with Gasteiger partial charge in [-0.05, 0) is 29.0 Å². The third kappa shape index (κ3) is 1.36. The second-order valence-electron chi connectivity index (χ2n) is 5.09. The van der Waals surface area contributed by atoms with Crippen LogP contribution in [0, 0.1) is 0 Å². The number of benzene rings is 3. The standard InChI is InChI=1S/C18H13NO/c1-19-15-9-5-4-8-14(15)18(20)17-13-7-3-2-6-12(13)10-11-16(17)19/h2-11H,1H3. The number of rotatable bonds is 0. The fourth-order valence-electron chi connectivity index (χ4n) is 3.00. The molecule has 0 aliphatic carbocycles. The molecule has 1 aromatic heterocycles. The monoisotopic (exact) mass is 259 g/mol. The minimum Gasteiger partial charge on any atom is -0.343 e. The first-order valence-corrected chi connectivity index (χ1v) is 6.66. The molecule has 0 amide bonds. The minimum atomic E-state index is 0.116. The molecule has 0 saturated carbocycles. The zero-order valence-corrected chi connectivity index (χ0v) is 11.1. The van der Waals surface area contributed by atoms with Gasteiger partial charge in [-0.15, -0.1) is 0 Å². The Morgan fingerprint density at radius 2 is 1.45 bits per heavy atom. The Balaban J connectivity index is 2.42. The second-order valence-corrected chi connectivity index (χ2v) is 5.09. The van der Waals surface area contributed by atoms with E-state index in [0.717, 1.165) is 32.6 Å². The summed E-state index contributed by atoms with van der Waals surface area (Å²) in [6.45, 7) is 0. The molecule has 0 radical (unpaired) electrons. The van der Waals surface area contributed by atoms with Gasteiger partial charge >= 0.3 is 0 Å². The fourth-order valence-corrected chi connectivity index (χ4v) is 3.00.